The molecule has 0 spiro atoms. The second-order valence-corrected chi connectivity index (χ2v) is 9.20. The number of hydrogen-bond acceptors (Lipinski definition) is 5. The zero-order valence-electron chi connectivity index (χ0n) is 18.0. The first kappa shape index (κ1) is 22.2. The van der Waals surface area contributed by atoms with Crippen LogP contribution in [0, 0.1) is 11.8 Å². The molecule has 1 aromatic carbocycles. The van der Waals surface area contributed by atoms with Crippen LogP contribution in [0.4, 0.5) is 0 Å². The van der Waals surface area contributed by atoms with Gasteiger partial charge in [0.2, 0.25) is 5.91 Å². The molecule has 0 bridgehead atoms. The fourth-order valence-corrected chi connectivity index (χ4v) is 4.23. The number of fused-ring (bicyclic) bond motifs is 1. The second-order valence-electron chi connectivity index (χ2n) is 8.26. The Hall–Kier alpha value is -2.54. The van der Waals surface area contributed by atoms with Crippen LogP contribution >= 0.6 is 11.8 Å². The largest absolute Gasteiger partial charge is 0.467 e. The molecule has 6 nitrogen and oxygen atoms in total. The third-order valence-electron chi connectivity index (χ3n) is 4.57. The standard InChI is InChI=1S/C23H29N3O3S/c1-16(2)12-25(13-17(3)4)21(27)15-30-23-24-20-10-6-5-9-19(20)22(28)26(23)14-18-8-7-11-29-18/h5-11,16-17H,12-15H2,1-4H3. The van der Waals surface area contributed by atoms with Gasteiger partial charge >= 0.3 is 0 Å². The van der Waals surface area contributed by atoms with E-state index in [9.17, 15) is 9.59 Å². The van der Waals surface area contributed by atoms with Crippen LogP contribution < -0.4 is 5.56 Å². The van der Waals surface area contributed by atoms with E-state index in [0.29, 0.717) is 33.7 Å². The summed E-state index contributed by atoms with van der Waals surface area (Å²) in [6, 6.07) is 10.9. The van der Waals surface area contributed by atoms with Gasteiger partial charge in [-0.2, -0.15) is 0 Å². The number of aromatic nitrogens is 2. The first-order valence-electron chi connectivity index (χ1n) is 10.3. The second kappa shape index (κ2) is 9.98. The Labute approximate surface area is 181 Å². The monoisotopic (exact) mass is 427 g/mol. The van der Waals surface area contributed by atoms with E-state index < -0.39 is 0 Å². The summed E-state index contributed by atoms with van der Waals surface area (Å²) in [5.41, 5.74) is 0.502. The zero-order chi connectivity index (χ0) is 21.7. The molecule has 0 aliphatic rings. The van der Waals surface area contributed by atoms with Crippen molar-refractivity contribution in [1.29, 1.82) is 0 Å². The predicted molar refractivity (Wildman–Crippen MR) is 121 cm³/mol. The van der Waals surface area contributed by atoms with Crippen molar-refractivity contribution < 1.29 is 9.21 Å². The van der Waals surface area contributed by atoms with Gasteiger partial charge in [0.15, 0.2) is 5.16 Å². The van der Waals surface area contributed by atoms with Crippen molar-refractivity contribution >= 4 is 28.6 Å². The fraction of sp³-hybridized carbons (Fsp3) is 0.435. The Kier molecular flexibility index (Phi) is 7.37. The summed E-state index contributed by atoms with van der Waals surface area (Å²) in [7, 11) is 0. The molecule has 0 fully saturated rings. The number of para-hydroxylation sites is 1. The van der Waals surface area contributed by atoms with Crippen molar-refractivity contribution in [3.05, 3.63) is 58.8 Å². The number of carbonyl (C=O) groups is 1. The average molecular weight is 428 g/mol. The number of benzene rings is 1. The SMILES string of the molecule is CC(C)CN(CC(C)C)C(=O)CSc1nc2ccccc2c(=O)n1Cc1ccco1. The van der Waals surface area contributed by atoms with E-state index in [0.717, 1.165) is 13.1 Å². The van der Waals surface area contributed by atoms with Crippen LogP contribution in [0.5, 0.6) is 0 Å². The Morgan fingerprint density at radius 1 is 1.10 bits per heavy atom. The zero-order valence-corrected chi connectivity index (χ0v) is 18.8. The van der Waals surface area contributed by atoms with Crippen LogP contribution in [0.2, 0.25) is 0 Å². The number of carbonyl (C=O) groups excluding carboxylic acids is 1. The Balaban J connectivity index is 1.88. The topological polar surface area (TPSA) is 68.3 Å². The van der Waals surface area contributed by atoms with Gasteiger partial charge in [0.05, 0.1) is 29.5 Å². The van der Waals surface area contributed by atoms with E-state index >= 15 is 0 Å². The van der Waals surface area contributed by atoms with Gasteiger partial charge < -0.3 is 9.32 Å². The maximum atomic E-state index is 13.1. The Morgan fingerprint density at radius 3 is 2.43 bits per heavy atom. The number of amides is 1. The van der Waals surface area contributed by atoms with Crippen molar-refractivity contribution in [2.75, 3.05) is 18.8 Å². The summed E-state index contributed by atoms with van der Waals surface area (Å²) in [5.74, 6) is 1.77. The molecule has 2 heterocycles. The first-order valence-corrected chi connectivity index (χ1v) is 11.3. The van der Waals surface area contributed by atoms with Gasteiger partial charge in [-0.3, -0.25) is 14.2 Å². The van der Waals surface area contributed by atoms with E-state index in [4.69, 9.17) is 4.42 Å². The predicted octanol–water partition coefficient (Wildman–Crippen LogP) is 4.27. The van der Waals surface area contributed by atoms with Crippen molar-refractivity contribution in [2.24, 2.45) is 11.8 Å². The molecule has 160 valence electrons. The summed E-state index contributed by atoms with van der Waals surface area (Å²) in [5, 5.41) is 1.08. The molecule has 7 heteroatoms. The van der Waals surface area contributed by atoms with Crippen LogP contribution in [0.25, 0.3) is 10.9 Å². The van der Waals surface area contributed by atoms with Gasteiger partial charge in [-0.15, -0.1) is 0 Å². The lowest BCUT2D eigenvalue weighted by Gasteiger charge is -2.26. The third kappa shape index (κ3) is 5.53. The summed E-state index contributed by atoms with van der Waals surface area (Å²) in [4.78, 5) is 32.7. The van der Waals surface area contributed by atoms with Crippen LogP contribution in [-0.2, 0) is 11.3 Å². The van der Waals surface area contributed by atoms with Crippen LogP contribution in [0.1, 0.15) is 33.5 Å². The molecule has 0 N–H and O–H groups in total. The lowest BCUT2D eigenvalue weighted by Crippen LogP contribution is -2.38. The minimum Gasteiger partial charge on any atom is -0.467 e. The molecule has 3 aromatic rings. The van der Waals surface area contributed by atoms with E-state index in [2.05, 4.69) is 32.7 Å². The highest BCUT2D eigenvalue weighted by Crippen LogP contribution is 2.20. The van der Waals surface area contributed by atoms with Crippen molar-refractivity contribution in [1.82, 2.24) is 14.5 Å². The molecule has 0 aliphatic carbocycles. The van der Waals surface area contributed by atoms with Gasteiger partial charge in [0.25, 0.3) is 5.56 Å². The highest BCUT2D eigenvalue weighted by atomic mass is 32.2. The minimum absolute atomic E-state index is 0.0642. The molecule has 0 unspecified atom stereocenters. The molecule has 0 radical (unpaired) electrons. The van der Waals surface area contributed by atoms with Gasteiger partial charge in [0.1, 0.15) is 5.76 Å². The molecule has 0 atom stereocenters. The lowest BCUT2D eigenvalue weighted by molar-refractivity contribution is -0.129. The van der Waals surface area contributed by atoms with Crippen molar-refractivity contribution in [3.8, 4) is 0 Å². The van der Waals surface area contributed by atoms with Crippen LogP contribution in [0.3, 0.4) is 0 Å². The maximum Gasteiger partial charge on any atom is 0.262 e. The van der Waals surface area contributed by atoms with Crippen LogP contribution in [-0.4, -0.2) is 39.2 Å². The molecule has 3 rings (SSSR count). The third-order valence-corrected chi connectivity index (χ3v) is 5.53. The summed E-state index contributed by atoms with van der Waals surface area (Å²) >= 11 is 1.31. The lowest BCUT2D eigenvalue weighted by atomic mass is 10.1. The van der Waals surface area contributed by atoms with Crippen molar-refractivity contribution in [3.63, 3.8) is 0 Å². The Bertz CT molecular complexity index is 1030. The summed E-state index contributed by atoms with van der Waals surface area (Å²) < 4.78 is 7.03. The maximum absolute atomic E-state index is 13.1. The Morgan fingerprint density at radius 2 is 1.80 bits per heavy atom. The number of rotatable bonds is 9. The number of nitrogens with zero attached hydrogens (tertiary/aromatic N) is 3. The van der Waals surface area contributed by atoms with Gasteiger partial charge in [-0.05, 0) is 36.1 Å². The van der Waals surface area contributed by atoms with E-state index in [1.54, 1.807) is 23.0 Å². The fourth-order valence-electron chi connectivity index (χ4n) is 3.33. The van der Waals surface area contributed by atoms with Gasteiger partial charge in [0, 0.05) is 13.1 Å². The minimum atomic E-state index is -0.131. The van der Waals surface area contributed by atoms with Crippen LogP contribution in [0.15, 0.2) is 57.0 Å². The average Bonchev–Trinajstić information content (AvgIpc) is 3.20. The quantitative estimate of drug-likeness (QED) is 0.377. The molecule has 0 saturated heterocycles. The van der Waals surface area contributed by atoms with Crippen molar-refractivity contribution in [2.45, 2.75) is 39.4 Å². The van der Waals surface area contributed by atoms with Gasteiger partial charge in [-0.25, -0.2) is 4.98 Å². The molecule has 0 aliphatic heterocycles. The molecular formula is C23H29N3O3S. The summed E-state index contributed by atoms with van der Waals surface area (Å²) in [6.45, 7) is 10.2. The smallest absolute Gasteiger partial charge is 0.262 e. The molecule has 1 amide bonds. The molecule has 30 heavy (non-hydrogen) atoms. The van der Waals surface area contributed by atoms with E-state index in [1.165, 1.54) is 11.8 Å². The first-order chi connectivity index (χ1) is 14.3. The normalized spacial score (nSPS) is 11.5. The molecule has 2 aromatic heterocycles. The highest BCUT2D eigenvalue weighted by Gasteiger charge is 2.19. The number of thioether (sulfide) groups is 1. The molecular weight excluding hydrogens is 398 g/mol. The summed E-state index contributed by atoms with van der Waals surface area (Å²) in [6.07, 6.45) is 1.58. The number of furan rings is 1. The van der Waals surface area contributed by atoms with E-state index in [1.807, 2.05) is 29.2 Å². The van der Waals surface area contributed by atoms with Gasteiger partial charge in [-0.1, -0.05) is 51.6 Å². The molecule has 0 saturated carbocycles. The highest BCUT2D eigenvalue weighted by molar-refractivity contribution is 7.99. The number of hydrogen-bond donors (Lipinski definition) is 0. The van der Waals surface area contributed by atoms with E-state index in [-0.39, 0.29) is 23.8 Å².